The topological polar surface area (TPSA) is 60.4 Å². The Kier molecular flexibility index (Phi) is 8.26. The number of benzene rings is 2. The molecule has 0 amide bonds. The highest BCUT2D eigenvalue weighted by Gasteiger charge is 2.38. The fraction of sp³-hybridized carbons (Fsp3) is 0.280. The number of aliphatic imine (C=N–C) groups is 1. The molecule has 6 nitrogen and oxygen atoms in total. The zero-order chi connectivity index (χ0) is 24.2. The van der Waals surface area contributed by atoms with Crippen LogP contribution in [0.1, 0.15) is 37.9 Å². The minimum Gasteiger partial charge on any atom is -0.490 e. The zero-order valence-electron chi connectivity index (χ0n) is 19.0. The number of ether oxygens (including phenoxy) is 3. The van der Waals surface area contributed by atoms with E-state index in [9.17, 15) is 4.79 Å². The Labute approximate surface area is 225 Å². The van der Waals surface area contributed by atoms with E-state index in [0.29, 0.717) is 42.6 Å². The summed E-state index contributed by atoms with van der Waals surface area (Å²) in [5, 5.41) is 2.80. The molecule has 0 N–H and O–H groups in total. The van der Waals surface area contributed by atoms with E-state index >= 15 is 0 Å². The van der Waals surface area contributed by atoms with Gasteiger partial charge in [0.05, 0.1) is 34.1 Å². The van der Waals surface area contributed by atoms with Gasteiger partial charge < -0.3 is 19.1 Å². The van der Waals surface area contributed by atoms with Crippen LogP contribution in [0.2, 0.25) is 0 Å². The lowest BCUT2D eigenvalue weighted by molar-refractivity contribution is -0.139. The molecule has 0 fully saturated rings. The number of halogens is 2. The molecule has 1 atom stereocenters. The van der Waals surface area contributed by atoms with Crippen LogP contribution in [0, 0.1) is 3.57 Å². The third-order valence-corrected chi connectivity index (χ3v) is 7.36. The first-order chi connectivity index (χ1) is 16.4. The molecule has 34 heavy (non-hydrogen) atoms. The number of thioether (sulfide) groups is 1. The minimum atomic E-state index is -0.369. The molecule has 0 spiro atoms. The Morgan fingerprint density at radius 3 is 2.65 bits per heavy atom. The largest absolute Gasteiger partial charge is 0.490 e. The summed E-state index contributed by atoms with van der Waals surface area (Å²) in [6.45, 7) is 6.81. The number of allylic oxidation sites excluding steroid dienone is 1. The number of hydrogen-bond acceptors (Lipinski definition) is 7. The number of rotatable bonds is 8. The highest BCUT2D eigenvalue weighted by Crippen LogP contribution is 2.44. The second-order valence-corrected chi connectivity index (χ2v) is 10.5. The summed E-state index contributed by atoms with van der Waals surface area (Å²) < 4.78 is 19.5. The molecule has 2 aliphatic rings. The molecule has 0 radical (unpaired) electrons. The van der Waals surface area contributed by atoms with Crippen molar-refractivity contribution in [1.82, 2.24) is 4.90 Å². The number of hydrogen-bond donors (Lipinski definition) is 0. The number of nitrogens with zero attached hydrogens (tertiary/aromatic N) is 2. The van der Waals surface area contributed by atoms with Gasteiger partial charge in [-0.2, -0.15) is 0 Å². The van der Waals surface area contributed by atoms with E-state index in [4.69, 9.17) is 14.2 Å². The predicted molar refractivity (Wildman–Crippen MR) is 147 cm³/mol. The predicted octanol–water partition coefficient (Wildman–Crippen LogP) is 6.80. The summed E-state index contributed by atoms with van der Waals surface area (Å²) in [7, 11) is 0. The van der Waals surface area contributed by atoms with Crippen LogP contribution in [0.4, 0.5) is 0 Å². The zero-order valence-corrected chi connectivity index (χ0v) is 23.6. The molecule has 2 aromatic rings. The Balaban J connectivity index is 1.72. The van der Waals surface area contributed by atoms with E-state index in [0.717, 1.165) is 24.3 Å². The van der Waals surface area contributed by atoms with Crippen LogP contribution in [0.25, 0.3) is 0 Å². The summed E-state index contributed by atoms with van der Waals surface area (Å²) in [4.78, 5) is 19.6. The van der Waals surface area contributed by atoms with Crippen LogP contribution in [-0.4, -0.2) is 29.3 Å². The maximum atomic E-state index is 13.0. The Morgan fingerprint density at radius 2 is 1.94 bits per heavy atom. The molecule has 2 heterocycles. The number of amidine groups is 1. The molecule has 2 aromatic carbocycles. The van der Waals surface area contributed by atoms with Gasteiger partial charge in [0.25, 0.3) is 0 Å². The van der Waals surface area contributed by atoms with Crippen molar-refractivity contribution in [3.63, 3.8) is 0 Å². The van der Waals surface area contributed by atoms with Crippen molar-refractivity contribution >= 4 is 61.4 Å². The molecule has 0 bridgehead atoms. The van der Waals surface area contributed by atoms with Gasteiger partial charge in [0.15, 0.2) is 16.7 Å². The van der Waals surface area contributed by atoms with Crippen molar-refractivity contribution in [2.75, 3.05) is 13.2 Å². The molecule has 9 heteroatoms. The van der Waals surface area contributed by atoms with Gasteiger partial charge in [-0.05, 0) is 84.2 Å². The van der Waals surface area contributed by atoms with Gasteiger partial charge in [0, 0.05) is 10.7 Å². The Hall–Kier alpha value is -1.98. The summed E-state index contributed by atoms with van der Waals surface area (Å²) in [5.41, 5.74) is 3.15. The normalized spacial score (nSPS) is 16.9. The van der Waals surface area contributed by atoms with Crippen LogP contribution in [-0.2, 0) is 16.1 Å². The monoisotopic (exact) mass is 654 g/mol. The molecule has 0 unspecified atom stereocenters. The highest BCUT2D eigenvalue weighted by molar-refractivity contribution is 14.1. The fourth-order valence-electron chi connectivity index (χ4n) is 3.78. The Morgan fingerprint density at radius 1 is 1.18 bits per heavy atom. The van der Waals surface area contributed by atoms with Crippen molar-refractivity contribution in [2.45, 2.75) is 33.4 Å². The van der Waals surface area contributed by atoms with E-state index in [1.165, 1.54) is 11.8 Å². The number of carbonyl (C=O) groups excluding carboxylic acids is 1. The van der Waals surface area contributed by atoms with E-state index < -0.39 is 0 Å². The van der Waals surface area contributed by atoms with Gasteiger partial charge in [-0.15, -0.1) is 0 Å². The molecule has 178 valence electrons. The smallest absolute Gasteiger partial charge is 0.338 e. The number of fused-ring (bicyclic) bond motifs is 1. The lowest BCUT2D eigenvalue weighted by atomic mass is 9.94. The second kappa shape index (κ2) is 11.2. The van der Waals surface area contributed by atoms with Crippen molar-refractivity contribution in [2.24, 2.45) is 4.99 Å². The minimum absolute atomic E-state index is 0.300. The van der Waals surface area contributed by atoms with Crippen molar-refractivity contribution < 1.29 is 19.0 Å². The summed E-state index contributed by atoms with van der Waals surface area (Å²) in [6, 6.07) is 11.6. The van der Waals surface area contributed by atoms with Crippen molar-refractivity contribution in [3.05, 3.63) is 78.4 Å². The molecular weight excluding hydrogens is 631 g/mol. The standard InChI is InChI=1S/C25H24BrIN2O4S/c1-4-31-20-13-17(12-19(27)23(20)33-14-16-6-8-18(26)9-7-16)22-21(24(30)32-5-2)15(3)28-25-29(22)10-11-34-25/h6-13,22H,4-5,14H2,1-3H3/t22-/m1/s1. The van der Waals surface area contributed by atoms with Crippen LogP contribution in [0.3, 0.4) is 0 Å². The SMILES string of the molecule is CCOC(=O)C1=C(C)N=C2SC=CN2[C@@H]1c1cc(I)c(OCc2ccc(Br)cc2)c(OCC)c1. The lowest BCUT2D eigenvalue weighted by Gasteiger charge is -2.33. The molecule has 0 aromatic heterocycles. The van der Waals surface area contributed by atoms with E-state index in [-0.39, 0.29) is 12.0 Å². The average molecular weight is 655 g/mol. The van der Waals surface area contributed by atoms with Crippen LogP contribution in [0.15, 0.2) is 68.7 Å². The van der Waals surface area contributed by atoms with E-state index in [1.807, 2.05) is 66.8 Å². The molecular formula is C25H24BrIN2O4S. The van der Waals surface area contributed by atoms with Crippen LogP contribution < -0.4 is 9.47 Å². The molecule has 0 aliphatic carbocycles. The van der Waals surface area contributed by atoms with Gasteiger partial charge in [-0.25, -0.2) is 9.79 Å². The molecule has 4 rings (SSSR count). The fourth-order valence-corrected chi connectivity index (χ4v) is 5.62. The van der Waals surface area contributed by atoms with Gasteiger partial charge in [0.1, 0.15) is 6.61 Å². The average Bonchev–Trinajstić information content (AvgIpc) is 3.27. The summed E-state index contributed by atoms with van der Waals surface area (Å²) >= 11 is 7.26. The second-order valence-electron chi connectivity index (χ2n) is 7.50. The summed E-state index contributed by atoms with van der Waals surface area (Å²) in [5.74, 6) is 0.965. The van der Waals surface area contributed by atoms with Gasteiger partial charge in [-0.1, -0.05) is 39.8 Å². The third kappa shape index (κ3) is 5.31. The van der Waals surface area contributed by atoms with Crippen molar-refractivity contribution in [1.29, 1.82) is 0 Å². The van der Waals surface area contributed by atoms with Crippen LogP contribution >= 0.6 is 50.3 Å². The number of esters is 1. The first-order valence-electron chi connectivity index (χ1n) is 10.8. The molecule has 2 aliphatic heterocycles. The van der Waals surface area contributed by atoms with E-state index in [1.54, 1.807) is 6.92 Å². The first-order valence-corrected chi connectivity index (χ1v) is 13.6. The molecule has 0 saturated heterocycles. The van der Waals surface area contributed by atoms with Crippen LogP contribution in [0.5, 0.6) is 11.5 Å². The van der Waals surface area contributed by atoms with Gasteiger partial charge in [0.2, 0.25) is 0 Å². The summed E-state index contributed by atoms with van der Waals surface area (Å²) in [6.07, 6.45) is 1.95. The third-order valence-electron chi connectivity index (χ3n) is 5.26. The first kappa shape index (κ1) is 25.1. The van der Waals surface area contributed by atoms with Crippen molar-refractivity contribution in [3.8, 4) is 11.5 Å². The molecule has 0 saturated carbocycles. The van der Waals surface area contributed by atoms with Gasteiger partial charge >= 0.3 is 5.97 Å². The van der Waals surface area contributed by atoms with E-state index in [2.05, 4.69) is 43.5 Å². The number of carbonyl (C=O) groups is 1. The maximum Gasteiger partial charge on any atom is 0.338 e. The maximum absolute atomic E-state index is 13.0. The van der Waals surface area contributed by atoms with Gasteiger partial charge in [-0.3, -0.25) is 0 Å². The quantitative estimate of drug-likeness (QED) is 0.231. The lowest BCUT2D eigenvalue weighted by Crippen LogP contribution is -2.34. The highest BCUT2D eigenvalue weighted by atomic mass is 127. The Bertz CT molecular complexity index is 1180.